The maximum absolute atomic E-state index is 12.0. The highest BCUT2D eigenvalue weighted by molar-refractivity contribution is 5.96. The van der Waals surface area contributed by atoms with Crippen molar-refractivity contribution in [2.75, 3.05) is 12.3 Å². The first kappa shape index (κ1) is 12.9. The maximum atomic E-state index is 12.0. The van der Waals surface area contributed by atoms with Gasteiger partial charge >= 0.3 is 5.97 Å². The highest BCUT2D eigenvalue weighted by atomic mass is 16.5. The number of carbonyl (C=O) groups excluding carboxylic acids is 1. The fraction of sp³-hybridized carbons (Fsp3) is 0.533. The Labute approximate surface area is 108 Å². The van der Waals surface area contributed by atoms with Crippen LogP contribution in [0.5, 0.6) is 0 Å². The van der Waals surface area contributed by atoms with Crippen LogP contribution in [-0.2, 0) is 4.74 Å². The maximum Gasteiger partial charge on any atom is 0.340 e. The molecule has 0 atom stereocenters. The number of benzene rings is 1. The van der Waals surface area contributed by atoms with Gasteiger partial charge in [0.25, 0.3) is 0 Å². The van der Waals surface area contributed by atoms with Gasteiger partial charge in [-0.1, -0.05) is 25.3 Å². The molecule has 2 N–H and O–H groups in total. The summed E-state index contributed by atoms with van der Waals surface area (Å²) in [7, 11) is 0. The van der Waals surface area contributed by atoms with E-state index in [4.69, 9.17) is 10.5 Å². The molecule has 0 aromatic heterocycles. The van der Waals surface area contributed by atoms with Crippen molar-refractivity contribution in [1.29, 1.82) is 0 Å². The Morgan fingerprint density at radius 2 is 2.11 bits per heavy atom. The summed E-state index contributed by atoms with van der Waals surface area (Å²) in [6, 6.07) is 3.77. The number of nitrogens with two attached hydrogens (primary N) is 1. The van der Waals surface area contributed by atoms with Crippen LogP contribution in [0.4, 0.5) is 5.69 Å². The topological polar surface area (TPSA) is 52.3 Å². The highest BCUT2D eigenvalue weighted by Gasteiger charge is 2.18. The molecule has 1 aromatic rings. The number of esters is 1. The van der Waals surface area contributed by atoms with Crippen molar-refractivity contribution in [1.82, 2.24) is 0 Å². The quantitative estimate of drug-likeness (QED) is 0.656. The van der Waals surface area contributed by atoms with Crippen LogP contribution in [0.25, 0.3) is 0 Å². The van der Waals surface area contributed by atoms with Crippen LogP contribution in [0.15, 0.2) is 12.1 Å². The standard InChI is InChI=1S/C15H21NO2/c1-10-8-11(2)14(16)13(9-10)15(17)18-7-6-12-4-3-5-12/h8-9,12H,3-7,16H2,1-2H3. The SMILES string of the molecule is Cc1cc(C)c(N)c(C(=O)OCCC2CCC2)c1. The van der Waals surface area contributed by atoms with E-state index in [0.717, 1.165) is 23.5 Å². The van der Waals surface area contributed by atoms with Gasteiger partial charge in [0.1, 0.15) is 0 Å². The molecule has 0 spiro atoms. The lowest BCUT2D eigenvalue weighted by molar-refractivity contribution is 0.0465. The molecule has 0 unspecified atom stereocenters. The minimum Gasteiger partial charge on any atom is -0.462 e. The minimum atomic E-state index is -0.293. The van der Waals surface area contributed by atoms with Gasteiger partial charge < -0.3 is 10.5 Å². The number of carbonyl (C=O) groups is 1. The number of nitrogen functional groups attached to an aromatic ring is 1. The molecular formula is C15H21NO2. The van der Waals surface area contributed by atoms with E-state index in [1.807, 2.05) is 19.9 Å². The highest BCUT2D eigenvalue weighted by Crippen LogP contribution is 2.29. The average Bonchev–Trinajstić information content (AvgIpc) is 2.26. The van der Waals surface area contributed by atoms with Crippen molar-refractivity contribution >= 4 is 11.7 Å². The van der Waals surface area contributed by atoms with Gasteiger partial charge in [-0.3, -0.25) is 0 Å². The predicted molar refractivity (Wildman–Crippen MR) is 72.6 cm³/mol. The Hall–Kier alpha value is -1.51. The summed E-state index contributed by atoms with van der Waals surface area (Å²) in [5.41, 5.74) is 8.92. The van der Waals surface area contributed by atoms with Crippen LogP contribution >= 0.6 is 0 Å². The minimum absolute atomic E-state index is 0.293. The largest absolute Gasteiger partial charge is 0.462 e. The third-order valence-corrected chi connectivity index (χ3v) is 3.74. The monoisotopic (exact) mass is 247 g/mol. The van der Waals surface area contributed by atoms with Crippen LogP contribution in [0, 0.1) is 19.8 Å². The summed E-state index contributed by atoms with van der Waals surface area (Å²) in [6.45, 7) is 4.38. The van der Waals surface area contributed by atoms with Gasteiger partial charge in [0, 0.05) is 5.69 Å². The summed E-state index contributed by atoms with van der Waals surface area (Å²) in [5, 5.41) is 0. The first-order valence-corrected chi connectivity index (χ1v) is 6.62. The molecule has 0 saturated heterocycles. The van der Waals surface area contributed by atoms with E-state index >= 15 is 0 Å². The zero-order valence-electron chi connectivity index (χ0n) is 11.2. The molecule has 1 aromatic carbocycles. The van der Waals surface area contributed by atoms with E-state index in [1.165, 1.54) is 19.3 Å². The van der Waals surface area contributed by atoms with E-state index in [1.54, 1.807) is 6.07 Å². The smallest absolute Gasteiger partial charge is 0.340 e. The van der Waals surface area contributed by atoms with Gasteiger partial charge in [-0.2, -0.15) is 0 Å². The van der Waals surface area contributed by atoms with Gasteiger partial charge in [-0.05, 0) is 43.4 Å². The van der Waals surface area contributed by atoms with Gasteiger partial charge in [-0.25, -0.2) is 4.79 Å². The second-order valence-electron chi connectivity index (χ2n) is 5.26. The molecule has 0 radical (unpaired) electrons. The number of aryl methyl sites for hydroxylation is 2. The van der Waals surface area contributed by atoms with E-state index < -0.39 is 0 Å². The van der Waals surface area contributed by atoms with Crippen LogP contribution < -0.4 is 5.73 Å². The van der Waals surface area contributed by atoms with Crippen molar-refractivity contribution in [3.63, 3.8) is 0 Å². The zero-order chi connectivity index (χ0) is 13.1. The molecule has 0 amide bonds. The molecule has 3 heteroatoms. The molecule has 1 aliphatic rings. The lowest BCUT2D eigenvalue weighted by atomic mass is 9.83. The molecular weight excluding hydrogens is 226 g/mol. The van der Waals surface area contributed by atoms with Gasteiger partial charge in [-0.15, -0.1) is 0 Å². The van der Waals surface area contributed by atoms with E-state index in [-0.39, 0.29) is 5.97 Å². The van der Waals surface area contributed by atoms with Crippen molar-refractivity contribution in [2.45, 2.75) is 39.5 Å². The molecule has 2 rings (SSSR count). The van der Waals surface area contributed by atoms with Crippen LogP contribution in [-0.4, -0.2) is 12.6 Å². The summed E-state index contributed by atoms with van der Waals surface area (Å²) in [6.07, 6.45) is 4.87. The number of anilines is 1. The first-order valence-electron chi connectivity index (χ1n) is 6.62. The molecule has 1 aliphatic carbocycles. The Morgan fingerprint density at radius 1 is 1.39 bits per heavy atom. The molecule has 3 nitrogen and oxygen atoms in total. The number of ether oxygens (including phenoxy) is 1. The summed E-state index contributed by atoms with van der Waals surface area (Å²) < 4.78 is 5.31. The Bertz CT molecular complexity index is 450. The lowest BCUT2D eigenvalue weighted by Crippen LogP contribution is -2.16. The Kier molecular flexibility index (Phi) is 3.90. The Morgan fingerprint density at radius 3 is 2.72 bits per heavy atom. The summed E-state index contributed by atoms with van der Waals surface area (Å²) in [5.74, 6) is 0.466. The van der Waals surface area contributed by atoms with E-state index in [0.29, 0.717) is 17.9 Å². The predicted octanol–water partition coefficient (Wildman–Crippen LogP) is 3.23. The fourth-order valence-corrected chi connectivity index (χ4v) is 2.33. The Balaban J connectivity index is 1.95. The summed E-state index contributed by atoms with van der Waals surface area (Å²) >= 11 is 0. The van der Waals surface area contributed by atoms with Crippen LogP contribution in [0.3, 0.4) is 0 Å². The molecule has 0 bridgehead atoms. The third-order valence-electron chi connectivity index (χ3n) is 3.74. The van der Waals surface area contributed by atoms with Crippen LogP contribution in [0.2, 0.25) is 0 Å². The molecule has 1 fully saturated rings. The van der Waals surface area contributed by atoms with Crippen LogP contribution in [0.1, 0.15) is 47.2 Å². The second-order valence-corrected chi connectivity index (χ2v) is 5.26. The number of hydrogen-bond donors (Lipinski definition) is 1. The second kappa shape index (κ2) is 5.42. The van der Waals surface area contributed by atoms with E-state index in [2.05, 4.69) is 0 Å². The third kappa shape index (κ3) is 2.84. The summed E-state index contributed by atoms with van der Waals surface area (Å²) in [4.78, 5) is 12.0. The molecule has 98 valence electrons. The molecule has 0 heterocycles. The number of rotatable bonds is 4. The van der Waals surface area contributed by atoms with Gasteiger partial charge in [0.15, 0.2) is 0 Å². The lowest BCUT2D eigenvalue weighted by Gasteiger charge is -2.24. The first-order chi connectivity index (χ1) is 8.58. The average molecular weight is 247 g/mol. The van der Waals surface area contributed by atoms with Gasteiger partial charge in [0.05, 0.1) is 12.2 Å². The van der Waals surface area contributed by atoms with Crippen molar-refractivity contribution in [3.05, 3.63) is 28.8 Å². The number of hydrogen-bond acceptors (Lipinski definition) is 3. The molecule has 18 heavy (non-hydrogen) atoms. The molecule has 1 saturated carbocycles. The normalized spacial score (nSPS) is 15.2. The fourth-order valence-electron chi connectivity index (χ4n) is 2.33. The molecule has 0 aliphatic heterocycles. The van der Waals surface area contributed by atoms with Crippen molar-refractivity contribution in [2.24, 2.45) is 5.92 Å². The van der Waals surface area contributed by atoms with Gasteiger partial charge in [0.2, 0.25) is 0 Å². The van der Waals surface area contributed by atoms with Crippen molar-refractivity contribution in [3.8, 4) is 0 Å². The van der Waals surface area contributed by atoms with Crippen molar-refractivity contribution < 1.29 is 9.53 Å². The van der Waals surface area contributed by atoms with E-state index in [9.17, 15) is 4.79 Å². The zero-order valence-corrected chi connectivity index (χ0v) is 11.2.